The Kier molecular flexibility index (Phi) is 5.71. The van der Waals surface area contributed by atoms with Crippen molar-refractivity contribution in [3.63, 3.8) is 0 Å². The van der Waals surface area contributed by atoms with Crippen molar-refractivity contribution >= 4 is 28.1 Å². The van der Waals surface area contributed by atoms with Crippen molar-refractivity contribution < 1.29 is 4.79 Å². The molecule has 36 heavy (non-hydrogen) atoms. The van der Waals surface area contributed by atoms with Gasteiger partial charge < -0.3 is 9.88 Å². The molecule has 1 amide bonds. The van der Waals surface area contributed by atoms with Gasteiger partial charge in [0.25, 0.3) is 0 Å². The van der Waals surface area contributed by atoms with Crippen LogP contribution in [-0.4, -0.2) is 35.3 Å². The van der Waals surface area contributed by atoms with E-state index in [1.807, 2.05) is 66.9 Å². The summed E-state index contributed by atoms with van der Waals surface area (Å²) in [5.74, 6) is 1.90. The molecule has 6 rings (SSSR count). The molecule has 1 aliphatic rings. The Labute approximate surface area is 209 Å². The average Bonchev–Trinajstić information content (AvgIpc) is 3.37. The third-order valence-corrected chi connectivity index (χ3v) is 7.13. The van der Waals surface area contributed by atoms with Crippen molar-refractivity contribution in [1.82, 2.24) is 29.4 Å². The van der Waals surface area contributed by atoms with Gasteiger partial charge in [-0.2, -0.15) is 5.10 Å². The number of amides is 1. The van der Waals surface area contributed by atoms with Crippen LogP contribution in [-0.2, 0) is 24.2 Å². The van der Waals surface area contributed by atoms with E-state index in [4.69, 9.17) is 10.1 Å². The van der Waals surface area contributed by atoms with Crippen LogP contribution in [0, 0.1) is 13.8 Å². The van der Waals surface area contributed by atoms with Crippen LogP contribution in [0.15, 0.2) is 48.5 Å². The first kappa shape index (κ1) is 22.4. The zero-order chi connectivity index (χ0) is 24.6. The Hall–Kier alpha value is -4.07. The molecule has 0 saturated carbocycles. The Bertz CT molecular complexity index is 1600. The first-order chi connectivity index (χ1) is 17.6. The standard InChI is InChI=1S/C28H29N7O/c1-18-22(19(2)35-28(29-18)23-11-5-6-12-24(23)33-35)14-15-26(36)30-21-10-8-9-20(17-21)27-32-31-25-13-4-3-7-16-34(25)27/h5-6,8-12,17H,3-4,7,13-16H2,1-2H3,(H,30,36). The van der Waals surface area contributed by atoms with Gasteiger partial charge in [0.2, 0.25) is 5.91 Å². The molecule has 0 fully saturated rings. The van der Waals surface area contributed by atoms with Crippen LogP contribution in [0.25, 0.3) is 27.9 Å². The molecule has 0 atom stereocenters. The van der Waals surface area contributed by atoms with Crippen LogP contribution >= 0.6 is 0 Å². The number of anilines is 1. The molecule has 0 unspecified atom stereocenters. The minimum absolute atomic E-state index is 0.0308. The fourth-order valence-electron chi connectivity index (χ4n) is 5.23. The van der Waals surface area contributed by atoms with E-state index < -0.39 is 0 Å². The van der Waals surface area contributed by atoms with Gasteiger partial charge in [-0.05, 0) is 62.9 Å². The maximum atomic E-state index is 12.9. The van der Waals surface area contributed by atoms with Gasteiger partial charge in [0, 0.05) is 47.4 Å². The summed E-state index contributed by atoms with van der Waals surface area (Å²) in [5.41, 5.74) is 6.54. The van der Waals surface area contributed by atoms with E-state index in [0.29, 0.717) is 12.8 Å². The second-order valence-electron chi connectivity index (χ2n) is 9.54. The molecule has 4 heterocycles. The van der Waals surface area contributed by atoms with E-state index in [9.17, 15) is 4.79 Å². The summed E-state index contributed by atoms with van der Waals surface area (Å²) in [6, 6.07) is 15.9. The van der Waals surface area contributed by atoms with Crippen LogP contribution in [0.4, 0.5) is 5.69 Å². The summed E-state index contributed by atoms with van der Waals surface area (Å²) in [6.07, 6.45) is 5.45. The van der Waals surface area contributed by atoms with E-state index in [0.717, 1.165) is 82.2 Å². The highest BCUT2D eigenvalue weighted by molar-refractivity contribution is 5.93. The molecule has 1 N–H and O–H groups in total. The number of aryl methyl sites for hydroxylation is 3. The van der Waals surface area contributed by atoms with Crippen molar-refractivity contribution in [2.24, 2.45) is 0 Å². The molecular weight excluding hydrogens is 450 g/mol. The van der Waals surface area contributed by atoms with Crippen molar-refractivity contribution in [2.75, 3.05) is 5.32 Å². The summed E-state index contributed by atoms with van der Waals surface area (Å²) < 4.78 is 4.12. The van der Waals surface area contributed by atoms with Crippen molar-refractivity contribution in [3.05, 3.63) is 71.3 Å². The fourth-order valence-corrected chi connectivity index (χ4v) is 5.23. The SMILES string of the molecule is Cc1nc2c3ccccc3nn2c(C)c1CCC(=O)Nc1cccc(-c2nnc3n2CCCCC3)c1. The lowest BCUT2D eigenvalue weighted by atomic mass is 10.1. The predicted molar refractivity (Wildman–Crippen MR) is 140 cm³/mol. The molecule has 5 aromatic rings. The molecule has 182 valence electrons. The summed E-state index contributed by atoms with van der Waals surface area (Å²) in [6.45, 7) is 5.00. The molecule has 0 spiro atoms. The highest BCUT2D eigenvalue weighted by Crippen LogP contribution is 2.26. The number of benzene rings is 2. The van der Waals surface area contributed by atoms with Gasteiger partial charge in [0.15, 0.2) is 11.5 Å². The Morgan fingerprint density at radius 1 is 1.03 bits per heavy atom. The van der Waals surface area contributed by atoms with E-state index in [1.54, 1.807) is 0 Å². The molecule has 0 saturated heterocycles. The van der Waals surface area contributed by atoms with E-state index in [1.165, 1.54) is 6.42 Å². The van der Waals surface area contributed by atoms with Crippen LogP contribution in [0.5, 0.6) is 0 Å². The van der Waals surface area contributed by atoms with Gasteiger partial charge in [-0.15, -0.1) is 10.2 Å². The molecule has 1 aliphatic heterocycles. The minimum Gasteiger partial charge on any atom is -0.326 e. The van der Waals surface area contributed by atoms with E-state index >= 15 is 0 Å². The molecule has 2 aromatic carbocycles. The average molecular weight is 480 g/mol. The molecular formula is C28H29N7O. The lowest BCUT2D eigenvalue weighted by Crippen LogP contribution is -2.14. The van der Waals surface area contributed by atoms with Gasteiger partial charge in [-0.3, -0.25) is 4.79 Å². The Morgan fingerprint density at radius 3 is 2.83 bits per heavy atom. The summed E-state index contributed by atoms with van der Waals surface area (Å²) in [5, 5.41) is 17.7. The number of hydrogen-bond donors (Lipinski definition) is 1. The van der Waals surface area contributed by atoms with Crippen molar-refractivity contribution in [3.8, 4) is 11.4 Å². The fraction of sp³-hybridized carbons (Fsp3) is 0.321. The lowest BCUT2D eigenvalue weighted by molar-refractivity contribution is -0.116. The Balaban J connectivity index is 1.19. The largest absolute Gasteiger partial charge is 0.326 e. The lowest BCUT2D eigenvalue weighted by Gasteiger charge is -2.12. The topological polar surface area (TPSA) is 90.0 Å². The normalized spacial score (nSPS) is 13.6. The first-order valence-electron chi connectivity index (χ1n) is 12.6. The number of carbonyl (C=O) groups is 1. The number of nitrogens with zero attached hydrogens (tertiary/aromatic N) is 6. The predicted octanol–water partition coefficient (Wildman–Crippen LogP) is 5.06. The highest BCUT2D eigenvalue weighted by Gasteiger charge is 2.17. The first-order valence-corrected chi connectivity index (χ1v) is 12.6. The minimum atomic E-state index is -0.0308. The van der Waals surface area contributed by atoms with E-state index in [-0.39, 0.29) is 5.91 Å². The second kappa shape index (κ2) is 9.18. The molecule has 3 aromatic heterocycles. The summed E-state index contributed by atoms with van der Waals surface area (Å²) in [4.78, 5) is 17.7. The number of nitrogens with one attached hydrogen (secondary N) is 1. The van der Waals surface area contributed by atoms with Crippen LogP contribution in [0.2, 0.25) is 0 Å². The van der Waals surface area contributed by atoms with Gasteiger partial charge in [-0.1, -0.05) is 30.7 Å². The maximum absolute atomic E-state index is 12.9. The molecule has 8 heteroatoms. The smallest absolute Gasteiger partial charge is 0.224 e. The number of fused-ring (bicyclic) bond motifs is 4. The van der Waals surface area contributed by atoms with Crippen molar-refractivity contribution in [2.45, 2.75) is 58.9 Å². The van der Waals surface area contributed by atoms with E-state index in [2.05, 4.69) is 20.1 Å². The number of carbonyl (C=O) groups excluding carboxylic acids is 1. The van der Waals surface area contributed by atoms with Gasteiger partial charge in [0.05, 0.1) is 5.52 Å². The number of rotatable bonds is 5. The van der Waals surface area contributed by atoms with Crippen molar-refractivity contribution in [1.29, 1.82) is 0 Å². The number of hydrogen-bond acceptors (Lipinski definition) is 5. The van der Waals surface area contributed by atoms with Gasteiger partial charge in [0.1, 0.15) is 5.82 Å². The third kappa shape index (κ3) is 4.02. The van der Waals surface area contributed by atoms with Crippen LogP contribution in [0.3, 0.4) is 0 Å². The molecule has 0 bridgehead atoms. The maximum Gasteiger partial charge on any atom is 0.224 e. The zero-order valence-electron chi connectivity index (χ0n) is 20.7. The highest BCUT2D eigenvalue weighted by atomic mass is 16.1. The summed E-state index contributed by atoms with van der Waals surface area (Å²) >= 11 is 0. The number of aromatic nitrogens is 6. The monoisotopic (exact) mass is 479 g/mol. The Morgan fingerprint density at radius 2 is 1.92 bits per heavy atom. The summed E-state index contributed by atoms with van der Waals surface area (Å²) in [7, 11) is 0. The molecule has 0 radical (unpaired) electrons. The second-order valence-corrected chi connectivity index (χ2v) is 9.54. The van der Waals surface area contributed by atoms with Crippen LogP contribution in [0.1, 0.15) is 48.5 Å². The third-order valence-electron chi connectivity index (χ3n) is 7.13. The van der Waals surface area contributed by atoms with Gasteiger partial charge in [-0.25, -0.2) is 9.50 Å². The quantitative estimate of drug-likeness (QED) is 0.381. The van der Waals surface area contributed by atoms with Crippen LogP contribution < -0.4 is 5.32 Å². The molecule has 0 aliphatic carbocycles. The zero-order valence-corrected chi connectivity index (χ0v) is 20.7. The van der Waals surface area contributed by atoms with Gasteiger partial charge >= 0.3 is 0 Å². The molecule has 8 nitrogen and oxygen atoms in total.